The fourth-order valence-electron chi connectivity index (χ4n) is 1.74. The number of aryl methyl sites for hydroxylation is 1. The molecule has 2 aromatic rings. The summed E-state index contributed by atoms with van der Waals surface area (Å²) in [5.41, 5.74) is 0.481. The molecule has 1 aliphatic rings. The molecular formula is C10H8N4O3. The maximum Gasteiger partial charge on any atom is 0.356 e. The Kier molecular flexibility index (Phi) is 1.88. The van der Waals surface area contributed by atoms with Crippen molar-refractivity contribution in [3.63, 3.8) is 0 Å². The highest BCUT2D eigenvalue weighted by atomic mass is 16.5. The molecule has 2 aromatic heterocycles. The fourth-order valence-corrected chi connectivity index (χ4v) is 1.74. The summed E-state index contributed by atoms with van der Waals surface area (Å²) in [6.07, 6.45) is 3.01. The first-order valence-corrected chi connectivity index (χ1v) is 4.93. The van der Waals surface area contributed by atoms with Gasteiger partial charge in [0.25, 0.3) is 0 Å². The standard InChI is InChI=1S/C10H8N4O3/c1-5-11-2-7-9(13-5)14-4-12-8(10(15)16)6(14)3-17-7/h2,4H,3H2,1H3,(H,15,16). The number of nitrogens with zero attached hydrogens (tertiary/aromatic N) is 4. The largest absolute Gasteiger partial charge is 0.482 e. The lowest BCUT2D eigenvalue weighted by molar-refractivity contribution is 0.0687. The van der Waals surface area contributed by atoms with Crippen molar-refractivity contribution in [3.8, 4) is 11.6 Å². The number of hydrogen-bond acceptors (Lipinski definition) is 5. The van der Waals surface area contributed by atoms with Crippen LogP contribution < -0.4 is 4.74 Å². The van der Waals surface area contributed by atoms with E-state index >= 15 is 0 Å². The molecule has 1 N–H and O–H groups in total. The number of carboxylic acids is 1. The molecule has 0 saturated heterocycles. The number of carboxylic acid groups (broad SMARTS) is 1. The second kappa shape index (κ2) is 3.27. The van der Waals surface area contributed by atoms with Gasteiger partial charge >= 0.3 is 5.97 Å². The summed E-state index contributed by atoms with van der Waals surface area (Å²) >= 11 is 0. The fraction of sp³-hybridized carbons (Fsp3) is 0.200. The van der Waals surface area contributed by atoms with Crippen molar-refractivity contribution in [2.75, 3.05) is 0 Å². The smallest absolute Gasteiger partial charge is 0.356 e. The first-order chi connectivity index (χ1) is 8.16. The number of ether oxygens (including phenoxy) is 1. The van der Waals surface area contributed by atoms with Gasteiger partial charge in [-0.25, -0.2) is 19.7 Å². The van der Waals surface area contributed by atoms with Gasteiger partial charge in [0, 0.05) is 0 Å². The van der Waals surface area contributed by atoms with Gasteiger partial charge in [-0.1, -0.05) is 0 Å². The molecule has 7 nitrogen and oxygen atoms in total. The van der Waals surface area contributed by atoms with E-state index in [0.29, 0.717) is 23.1 Å². The Hall–Kier alpha value is -2.44. The number of aromatic carboxylic acids is 1. The van der Waals surface area contributed by atoms with Crippen LogP contribution in [0.25, 0.3) is 5.82 Å². The molecule has 0 spiro atoms. The molecule has 0 unspecified atom stereocenters. The van der Waals surface area contributed by atoms with Crippen molar-refractivity contribution in [3.05, 3.63) is 29.7 Å². The molecule has 0 aromatic carbocycles. The van der Waals surface area contributed by atoms with Gasteiger partial charge in [-0.3, -0.25) is 4.57 Å². The van der Waals surface area contributed by atoms with E-state index in [1.807, 2.05) is 0 Å². The molecule has 86 valence electrons. The van der Waals surface area contributed by atoms with Crippen molar-refractivity contribution in [2.24, 2.45) is 0 Å². The Morgan fingerprint density at radius 1 is 1.53 bits per heavy atom. The molecule has 7 heteroatoms. The van der Waals surface area contributed by atoms with Crippen LogP contribution in [0.15, 0.2) is 12.5 Å². The van der Waals surface area contributed by atoms with Gasteiger partial charge in [0.15, 0.2) is 17.3 Å². The molecule has 0 aliphatic carbocycles. The predicted octanol–water partition coefficient (Wildman–Crippen LogP) is 0.561. The number of aromatic nitrogens is 4. The van der Waals surface area contributed by atoms with Gasteiger partial charge in [-0.05, 0) is 6.92 Å². The lowest BCUT2D eigenvalue weighted by Gasteiger charge is -2.18. The zero-order valence-corrected chi connectivity index (χ0v) is 8.91. The average molecular weight is 232 g/mol. The van der Waals surface area contributed by atoms with E-state index in [4.69, 9.17) is 9.84 Å². The number of rotatable bonds is 1. The van der Waals surface area contributed by atoms with Crippen LogP contribution in [0.4, 0.5) is 0 Å². The molecule has 0 atom stereocenters. The molecule has 0 saturated carbocycles. The third kappa shape index (κ3) is 1.36. The predicted molar refractivity (Wildman–Crippen MR) is 55.2 cm³/mol. The first kappa shape index (κ1) is 9.76. The zero-order valence-electron chi connectivity index (χ0n) is 8.91. The van der Waals surface area contributed by atoms with Gasteiger partial charge < -0.3 is 9.84 Å². The van der Waals surface area contributed by atoms with E-state index in [0.717, 1.165) is 0 Å². The quantitative estimate of drug-likeness (QED) is 0.772. The number of fused-ring (bicyclic) bond motifs is 3. The lowest BCUT2D eigenvalue weighted by Crippen LogP contribution is -2.16. The minimum atomic E-state index is -1.07. The van der Waals surface area contributed by atoms with E-state index in [-0.39, 0.29) is 12.3 Å². The number of imidazole rings is 1. The zero-order chi connectivity index (χ0) is 12.0. The second-order valence-corrected chi connectivity index (χ2v) is 3.61. The normalized spacial score (nSPS) is 12.5. The average Bonchev–Trinajstić information content (AvgIpc) is 2.72. The monoisotopic (exact) mass is 232 g/mol. The number of hydrogen-bond donors (Lipinski definition) is 1. The summed E-state index contributed by atoms with van der Waals surface area (Å²) in [7, 11) is 0. The van der Waals surface area contributed by atoms with E-state index in [2.05, 4.69) is 15.0 Å². The van der Waals surface area contributed by atoms with E-state index in [1.165, 1.54) is 6.33 Å². The Labute approximate surface area is 95.7 Å². The van der Waals surface area contributed by atoms with Gasteiger partial charge in [0.1, 0.15) is 18.8 Å². The third-order valence-corrected chi connectivity index (χ3v) is 2.52. The minimum absolute atomic E-state index is 0.00749. The van der Waals surface area contributed by atoms with Crippen LogP contribution >= 0.6 is 0 Å². The van der Waals surface area contributed by atoms with Crippen molar-refractivity contribution in [1.29, 1.82) is 0 Å². The topological polar surface area (TPSA) is 90.1 Å². The van der Waals surface area contributed by atoms with Crippen LogP contribution in [-0.2, 0) is 6.61 Å². The molecule has 0 amide bonds. The van der Waals surface area contributed by atoms with Crippen LogP contribution in [0.2, 0.25) is 0 Å². The maximum atomic E-state index is 10.9. The lowest BCUT2D eigenvalue weighted by atomic mass is 10.3. The molecule has 3 heterocycles. The van der Waals surface area contributed by atoms with Gasteiger partial charge in [-0.15, -0.1) is 0 Å². The number of carbonyl (C=O) groups is 1. The first-order valence-electron chi connectivity index (χ1n) is 4.93. The third-order valence-electron chi connectivity index (χ3n) is 2.52. The Balaban J connectivity index is 2.23. The Morgan fingerprint density at radius 3 is 3.12 bits per heavy atom. The van der Waals surface area contributed by atoms with Gasteiger partial charge in [-0.2, -0.15) is 0 Å². The summed E-state index contributed by atoms with van der Waals surface area (Å²) in [5, 5.41) is 8.97. The second-order valence-electron chi connectivity index (χ2n) is 3.61. The molecule has 0 radical (unpaired) electrons. The maximum absolute atomic E-state index is 10.9. The molecule has 3 rings (SSSR count). The van der Waals surface area contributed by atoms with Crippen molar-refractivity contribution >= 4 is 5.97 Å². The summed E-state index contributed by atoms with van der Waals surface area (Å²) in [5.74, 6) is 0.568. The van der Waals surface area contributed by atoms with Crippen molar-refractivity contribution in [1.82, 2.24) is 19.5 Å². The SMILES string of the molecule is Cc1ncc2c(n1)-n1cnc(C(=O)O)c1CO2. The van der Waals surface area contributed by atoms with E-state index in [9.17, 15) is 4.79 Å². The Morgan fingerprint density at radius 2 is 2.35 bits per heavy atom. The molecule has 0 fully saturated rings. The van der Waals surface area contributed by atoms with Crippen LogP contribution in [0, 0.1) is 6.92 Å². The molecule has 17 heavy (non-hydrogen) atoms. The summed E-state index contributed by atoms with van der Waals surface area (Å²) in [4.78, 5) is 23.0. The highest BCUT2D eigenvalue weighted by molar-refractivity contribution is 5.87. The highest BCUT2D eigenvalue weighted by Crippen LogP contribution is 2.28. The van der Waals surface area contributed by atoms with Crippen LogP contribution in [0.3, 0.4) is 0 Å². The molecule has 0 bridgehead atoms. The summed E-state index contributed by atoms with van der Waals surface area (Å²) < 4.78 is 7.03. The van der Waals surface area contributed by atoms with Crippen LogP contribution in [-0.4, -0.2) is 30.6 Å². The van der Waals surface area contributed by atoms with Gasteiger partial charge in [0.2, 0.25) is 0 Å². The van der Waals surface area contributed by atoms with E-state index in [1.54, 1.807) is 17.7 Å². The molecule has 1 aliphatic heterocycles. The Bertz CT molecular complexity index is 620. The van der Waals surface area contributed by atoms with Crippen LogP contribution in [0.1, 0.15) is 22.0 Å². The summed E-state index contributed by atoms with van der Waals surface area (Å²) in [6.45, 7) is 1.91. The van der Waals surface area contributed by atoms with Crippen LogP contribution in [0.5, 0.6) is 5.75 Å². The van der Waals surface area contributed by atoms with Gasteiger partial charge in [0.05, 0.1) is 11.9 Å². The highest BCUT2D eigenvalue weighted by Gasteiger charge is 2.25. The van der Waals surface area contributed by atoms with E-state index < -0.39 is 5.97 Å². The minimum Gasteiger partial charge on any atom is -0.482 e. The summed E-state index contributed by atoms with van der Waals surface area (Å²) in [6, 6.07) is 0. The van der Waals surface area contributed by atoms with Crippen molar-refractivity contribution < 1.29 is 14.6 Å². The van der Waals surface area contributed by atoms with Crippen molar-refractivity contribution in [2.45, 2.75) is 13.5 Å². The molecular weight excluding hydrogens is 224 g/mol.